The van der Waals surface area contributed by atoms with Crippen molar-refractivity contribution < 1.29 is 8.42 Å². The van der Waals surface area contributed by atoms with Crippen LogP contribution < -0.4 is 4.72 Å². The molecule has 1 heterocycles. The molecule has 3 rings (SSSR count). The first-order valence-corrected chi connectivity index (χ1v) is 8.53. The lowest BCUT2D eigenvalue weighted by molar-refractivity contribution is 0.564. The molecule has 1 aliphatic carbocycles. The molecular formula is C14H16ClN3O2S. The van der Waals surface area contributed by atoms with Gasteiger partial charge >= 0.3 is 0 Å². The number of rotatable bonds is 5. The molecule has 1 aliphatic rings. The van der Waals surface area contributed by atoms with Gasteiger partial charge in [-0.3, -0.25) is 0 Å². The minimum atomic E-state index is -3.69. The number of nitrogens with zero attached hydrogens (tertiary/aromatic N) is 2. The third-order valence-corrected chi connectivity index (χ3v) is 5.82. The molecule has 0 spiro atoms. The zero-order valence-corrected chi connectivity index (χ0v) is 13.2. The number of aryl methyl sites for hydroxylation is 1. The summed E-state index contributed by atoms with van der Waals surface area (Å²) >= 11 is 5.96. The van der Waals surface area contributed by atoms with Crippen LogP contribution in [0.2, 0.25) is 5.15 Å². The van der Waals surface area contributed by atoms with Gasteiger partial charge in [0, 0.05) is 19.0 Å². The lowest BCUT2D eigenvalue weighted by Gasteiger charge is -2.16. The smallest absolute Gasteiger partial charge is 0.261 e. The summed E-state index contributed by atoms with van der Waals surface area (Å²) in [5.74, 6) is 0. The first-order chi connectivity index (χ1) is 9.95. The monoisotopic (exact) mass is 325 g/mol. The Morgan fingerprint density at radius 3 is 2.52 bits per heavy atom. The second-order valence-electron chi connectivity index (χ2n) is 5.42. The van der Waals surface area contributed by atoms with Crippen molar-refractivity contribution in [3.8, 4) is 0 Å². The Hall–Kier alpha value is -1.37. The van der Waals surface area contributed by atoms with Crippen molar-refractivity contribution in [1.82, 2.24) is 14.3 Å². The molecule has 0 unspecified atom stereocenters. The van der Waals surface area contributed by atoms with Crippen LogP contribution in [0, 0.1) is 0 Å². The lowest BCUT2D eigenvalue weighted by atomic mass is 9.96. The Labute approximate surface area is 129 Å². The predicted octanol–water partition coefficient (Wildman–Crippen LogP) is 2.08. The SMILES string of the molecule is Cn1cnc(S(=O)(=O)NCC2(c3ccccc3)CC2)c1Cl. The number of benzene rings is 1. The van der Waals surface area contributed by atoms with Gasteiger partial charge in [0.25, 0.3) is 10.0 Å². The zero-order chi connectivity index (χ0) is 15.1. The Balaban J connectivity index is 1.78. The summed E-state index contributed by atoms with van der Waals surface area (Å²) in [7, 11) is -2.03. The molecule has 1 aromatic carbocycles. The lowest BCUT2D eigenvalue weighted by Crippen LogP contribution is -2.32. The van der Waals surface area contributed by atoms with Gasteiger partial charge in [0.05, 0.1) is 6.33 Å². The average Bonchev–Trinajstić information content (AvgIpc) is 3.20. The Bertz CT molecular complexity index is 752. The molecule has 0 saturated heterocycles. The topological polar surface area (TPSA) is 64.0 Å². The van der Waals surface area contributed by atoms with E-state index in [4.69, 9.17) is 11.6 Å². The second-order valence-corrected chi connectivity index (χ2v) is 7.46. The molecule has 5 nitrogen and oxygen atoms in total. The molecule has 1 N–H and O–H groups in total. The highest BCUT2D eigenvalue weighted by Crippen LogP contribution is 2.47. The van der Waals surface area contributed by atoms with Crippen LogP contribution in [0.25, 0.3) is 0 Å². The van der Waals surface area contributed by atoms with Crippen molar-refractivity contribution in [3.05, 3.63) is 47.4 Å². The van der Waals surface area contributed by atoms with Crippen molar-refractivity contribution in [2.75, 3.05) is 6.54 Å². The highest BCUT2D eigenvalue weighted by Gasteiger charge is 2.45. The molecule has 0 radical (unpaired) electrons. The van der Waals surface area contributed by atoms with Crippen LogP contribution in [-0.4, -0.2) is 24.5 Å². The van der Waals surface area contributed by atoms with Crippen molar-refractivity contribution >= 4 is 21.6 Å². The maximum atomic E-state index is 12.3. The van der Waals surface area contributed by atoms with Crippen molar-refractivity contribution in [2.24, 2.45) is 7.05 Å². The maximum absolute atomic E-state index is 12.3. The van der Waals surface area contributed by atoms with Crippen LogP contribution in [0.5, 0.6) is 0 Å². The molecule has 1 aromatic heterocycles. The molecule has 112 valence electrons. The quantitative estimate of drug-likeness (QED) is 0.915. The zero-order valence-electron chi connectivity index (χ0n) is 11.6. The van der Waals surface area contributed by atoms with E-state index in [0.717, 1.165) is 12.8 Å². The van der Waals surface area contributed by atoms with Gasteiger partial charge in [-0.25, -0.2) is 18.1 Å². The molecule has 21 heavy (non-hydrogen) atoms. The maximum Gasteiger partial charge on any atom is 0.261 e. The fourth-order valence-corrected chi connectivity index (χ4v) is 3.94. The number of nitrogens with one attached hydrogen (secondary N) is 1. The number of halogens is 1. The first-order valence-electron chi connectivity index (χ1n) is 6.67. The molecule has 7 heteroatoms. The minimum absolute atomic E-state index is 0.0877. The summed E-state index contributed by atoms with van der Waals surface area (Å²) in [6, 6.07) is 9.97. The van der Waals surface area contributed by atoms with Crippen molar-refractivity contribution in [2.45, 2.75) is 23.3 Å². The summed E-state index contributed by atoms with van der Waals surface area (Å²) in [6.07, 6.45) is 3.35. The Kier molecular flexibility index (Phi) is 3.55. The molecule has 1 fully saturated rings. The van der Waals surface area contributed by atoms with E-state index in [1.54, 1.807) is 7.05 Å². The summed E-state index contributed by atoms with van der Waals surface area (Å²) in [5, 5.41) is 0.00239. The number of sulfonamides is 1. The number of imidazole rings is 1. The third kappa shape index (κ3) is 2.71. The molecule has 0 amide bonds. The van der Waals surface area contributed by atoms with Crippen LogP contribution in [0.15, 0.2) is 41.7 Å². The predicted molar refractivity (Wildman–Crippen MR) is 80.8 cm³/mol. The van der Waals surface area contributed by atoms with Gasteiger partial charge < -0.3 is 4.57 Å². The highest BCUT2D eigenvalue weighted by atomic mass is 35.5. The Morgan fingerprint density at radius 2 is 2.00 bits per heavy atom. The second kappa shape index (κ2) is 5.12. The summed E-state index contributed by atoms with van der Waals surface area (Å²) in [5.41, 5.74) is 1.08. The van der Waals surface area contributed by atoms with Gasteiger partial charge in [0.1, 0.15) is 5.15 Å². The van der Waals surface area contributed by atoms with Gasteiger partial charge in [-0.1, -0.05) is 41.9 Å². The van der Waals surface area contributed by atoms with Gasteiger partial charge in [0.15, 0.2) is 0 Å². The highest BCUT2D eigenvalue weighted by molar-refractivity contribution is 7.89. The van der Waals surface area contributed by atoms with Gasteiger partial charge in [-0.15, -0.1) is 0 Å². The van der Waals surface area contributed by atoms with Crippen molar-refractivity contribution in [3.63, 3.8) is 0 Å². The van der Waals surface area contributed by atoms with E-state index in [-0.39, 0.29) is 15.6 Å². The molecule has 0 bridgehead atoms. The largest absolute Gasteiger partial charge is 0.324 e. The van der Waals surface area contributed by atoms with Crippen LogP contribution in [0.4, 0.5) is 0 Å². The van der Waals surface area contributed by atoms with E-state index < -0.39 is 10.0 Å². The van der Waals surface area contributed by atoms with Gasteiger partial charge in [0.2, 0.25) is 5.03 Å². The summed E-state index contributed by atoms with van der Waals surface area (Å²) in [6.45, 7) is 0.367. The number of aromatic nitrogens is 2. The van der Waals surface area contributed by atoms with E-state index >= 15 is 0 Å². The fourth-order valence-electron chi connectivity index (χ4n) is 2.39. The molecule has 1 saturated carbocycles. The van der Waals surface area contributed by atoms with Crippen molar-refractivity contribution in [1.29, 1.82) is 0 Å². The average molecular weight is 326 g/mol. The first kappa shape index (κ1) is 14.6. The van der Waals surface area contributed by atoms with Crippen LogP contribution >= 0.6 is 11.6 Å². The third-order valence-electron chi connectivity index (χ3n) is 3.93. The number of hydrogen-bond donors (Lipinski definition) is 1. The van der Waals surface area contributed by atoms with E-state index in [2.05, 4.69) is 9.71 Å². The van der Waals surface area contributed by atoms with E-state index in [0.29, 0.717) is 6.54 Å². The van der Waals surface area contributed by atoms with Crippen LogP contribution in [0.1, 0.15) is 18.4 Å². The van der Waals surface area contributed by atoms with E-state index in [1.807, 2.05) is 30.3 Å². The fraction of sp³-hybridized carbons (Fsp3) is 0.357. The van der Waals surface area contributed by atoms with Crippen LogP contribution in [0.3, 0.4) is 0 Å². The van der Waals surface area contributed by atoms with Gasteiger partial charge in [-0.2, -0.15) is 0 Å². The normalized spacial score (nSPS) is 16.9. The van der Waals surface area contributed by atoms with Gasteiger partial charge in [-0.05, 0) is 18.4 Å². The summed E-state index contributed by atoms with van der Waals surface area (Å²) in [4.78, 5) is 3.86. The molecule has 0 atom stereocenters. The molecule has 2 aromatic rings. The molecule has 0 aliphatic heterocycles. The standard InChI is InChI=1S/C14H16ClN3O2S/c1-18-10-16-13(12(18)15)21(19,20)17-9-14(7-8-14)11-5-3-2-4-6-11/h2-6,10,17H,7-9H2,1H3. The summed E-state index contributed by atoms with van der Waals surface area (Å²) < 4.78 is 28.7. The Morgan fingerprint density at radius 1 is 1.33 bits per heavy atom. The van der Waals surface area contributed by atoms with Crippen LogP contribution in [-0.2, 0) is 22.5 Å². The molecular weight excluding hydrogens is 310 g/mol. The minimum Gasteiger partial charge on any atom is -0.324 e. The number of hydrogen-bond acceptors (Lipinski definition) is 3. The van der Waals surface area contributed by atoms with E-state index in [1.165, 1.54) is 16.5 Å². The van der Waals surface area contributed by atoms with E-state index in [9.17, 15) is 8.42 Å².